The van der Waals surface area contributed by atoms with Gasteiger partial charge >= 0.3 is 0 Å². The number of hydrogen-bond acceptors (Lipinski definition) is 5. The SMILES string of the molecule is N#CC1CN(C(=O)c2ccc(Nc3cn(-c4c(Cl)cccc4Cl)nc3C(N)=O)cc2)C1. The number of nitriles is 1. The summed E-state index contributed by atoms with van der Waals surface area (Å²) in [6.07, 6.45) is 1.56. The second-order valence-electron chi connectivity index (χ2n) is 7.01. The number of carbonyl (C=O) groups is 2. The zero-order chi connectivity index (χ0) is 22.1. The van der Waals surface area contributed by atoms with Crippen molar-refractivity contribution in [1.82, 2.24) is 14.7 Å². The van der Waals surface area contributed by atoms with Crippen LogP contribution in [0, 0.1) is 17.2 Å². The Morgan fingerprint density at radius 1 is 1.13 bits per heavy atom. The molecule has 0 saturated carbocycles. The van der Waals surface area contributed by atoms with Crippen molar-refractivity contribution >= 4 is 46.4 Å². The highest BCUT2D eigenvalue weighted by Gasteiger charge is 2.31. The lowest BCUT2D eigenvalue weighted by molar-refractivity contribution is 0.0577. The fourth-order valence-electron chi connectivity index (χ4n) is 3.23. The standard InChI is InChI=1S/C21H16Cl2N6O2/c22-15-2-1-3-16(23)19(15)29-11-17(18(27-29)20(25)30)26-14-6-4-13(5-7-14)21(31)28-9-12(8-24)10-28/h1-7,11-12,26H,9-10H2,(H2,25,30). The normalized spacial score (nSPS) is 13.4. The number of hydrogen-bond donors (Lipinski definition) is 2. The third-order valence-corrected chi connectivity index (χ3v) is 5.49. The molecule has 10 heteroatoms. The number of likely N-dealkylation sites (tertiary alicyclic amines) is 1. The maximum absolute atomic E-state index is 12.4. The van der Waals surface area contributed by atoms with E-state index >= 15 is 0 Å². The highest BCUT2D eigenvalue weighted by atomic mass is 35.5. The lowest BCUT2D eigenvalue weighted by Crippen LogP contribution is -2.49. The van der Waals surface area contributed by atoms with Crippen LogP contribution in [0.25, 0.3) is 5.69 Å². The second kappa shape index (κ2) is 8.30. The number of amides is 2. The molecule has 0 spiro atoms. The molecule has 2 heterocycles. The van der Waals surface area contributed by atoms with E-state index in [2.05, 4.69) is 16.5 Å². The molecule has 2 aromatic carbocycles. The van der Waals surface area contributed by atoms with E-state index in [4.69, 9.17) is 34.2 Å². The highest BCUT2D eigenvalue weighted by Crippen LogP contribution is 2.30. The molecule has 1 saturated heterocycles. The topological polar surface area (TPSA) is 117 Å². The van der Waals surface area contributed by atoms with Crippen LogP contribution in [-0.2, 0) is 0 Å². The molecule has 0 unspecified atom stereocenters. The first kappa shape index (κ1) is 20.7. The molecule has 1 aliphatic rings. The van der Waals surface area contributed by atoms with E-state index in [9.17, 15) is 9.59 Å². The van der Waals surface area contributed by atoms with E-state index in [-0.39, 0.29) is 17.5 Å². The van der Waals surface area contributed by atoms with Gasteiger partial charge in [-0.1, -0.05) is 29.3 Å². The first-order valence-electron chi connectivity index (χ1n) is 9.27. The predicted molar refractivity (Wildman–Crippen MR) is 117 cm³/mol. The van der Waals surface area contributed by atoms with Gasteiger partial charge in [0, 0.05) is 24.3 Å². The van der Waals surface area contributed by atoms with Crippen molar-refractivity contribution in [3.63, 3.8) is 0 Å². The van der Waals surface area contributed by atoms with E-state index < -0.39 is 5.91 Å². The van der Waals surface area contributed by atoms with Crippen LogP contribution in [0.4, 0.5) is 11.4 Å². The minimum atomic E-state index is -0.721. The van der Waals surface area contributed by atoms with Gasteiger partial charge in [0.05, 0.1) is 33.9 Å². The fraction of sp³-hybridized carbons (Fsp3) is 0.143. The van der Waals surface area contributed by atoms with Crippen molar-refractivity contribution in [3.05, 3.63) is 70.0 Å². The van der Waals surface area contributed by atoms with Crippen LogP contribution >= 0.6 is 23.2 Å². The molecule has 8 nitrogen and oxygen atoms in total. The summed E-state index contributed by atoms with van der Waals surface area (Å²) in [5.74, 6) is -0.946. The van der Waals surface area contributed by atoms with Crippen molar-refractivity contribution in [2.24, 2.45) is 11.7 Å². The molecule has 3 N–H and O–H groups in total. The van der Waals surface area contributed by atoms with E-state index in [1.807, 2.05) is 0 Å². The summed E-state index contributed by atoms with van der Waals surface area (Å²) in [6.45, 7) is 0.891. The molecular weight excluding hydrogens is 439 g/mol. The molecule has 2 amide bonds. The Morgan fingerprint density at radius 2 is 1.77 bits per heavy atom. The third-order valence-electron chi connectivity index (χ3n) is 4.88. The third kappa shape index (κ3) is 4.06. The Bertz CT molecular complexity index is 1190. The predicted octanol–water partition coefficient (Wildman–Crippen LogP) is 3.62. The number of benzene rings is 2. The molecule has 1 aliphatic heterocycles. The van der Waals surface area contributed by atoms with Gasteiger partial charge in [-0.15, -0.1) is 0 Å². The molecule has 0 atom stereocenters. The Kier molecular flexibility index (Phi) is 5.55. The van der Waals surface area contributed by atoms with Crippen LogP contribution in [0.15, 0.2) is 48.7 Å². The largest absolute Gasteiger partial charge is 0.364 e. The number of primary amides is 1. The van der Waals surface area contributed by atoms with Crippen molar-refractivity contribution in [2.75, 3.05) is 18.4 Å². The minimum Gasteiger partial charge on any atom is -0.364 e. The summed E-state index contributed by atoms with van der Waals surface area (Å²) in [5.41, 5.74) is 7.42. The Labute approximate surface area is 187 Å². The Hall–Kier alpha value is -3.54. The molecule has 4 rings (SSSR count). The van der Waals surface area contributed by atoms with Gasteiger partial charge < -0.3 is 16.0 Å². The van der Waals surface area contributed by atoms with E-state index in [0.717, 1.165) is 0 Å². The molecule has 1 fully saturated rings. The number of carbonyl (C=O) groups excluding carboxylic acids is 2. The molecule has 1 aromatic heterocycles. The van der Waals surface area contributed by atoms with Crippen LogP contribution in [-0.4, -0.2) is 39.6 Å². The van der Waals surface area contributed by atoms with Gasteiger partial charge in [-0.25, -0.2) is 4.68 Å². The summed E-state index contributed by atoms with van der Waals surface area (Å²) >= 11 is 12.5. The van der Waals surface area contributed by atoms with Crippen LogP contribution in [0.1, 0.15) is 20.8 Å². The number of rotatable bonds is 5. The van der Waals surface area contributed by atoms with Crippen molar-refractivity contribution in [1.29, 1.82) is 5.26 Å². The zero-order valence-electron chi connectivity index (χ0n) is 16.0. The lowest BCUT2D eigenvalue weighted by atomic mass is 10.0. The molecule has 0 aliphatic carbocycles. The fourth-order valence-corrected chi connectivity index (χ4v) is 3.80. The molecule has 156 valence electrons. The van der Waals surface area contributed by atoms with Gasteiger partial charge in [0.25, 0.3) is 11.8 Å². The summed E-state index contributed by atoms with van der Waals surface area (Å²) in [4.78, 5) is 25.9. The second-order valence-corrected chi connectivity index (χ2v) is 7.82. The number of anilines is 2. The van der Waals surface area contributed by atoms with Crippen molar-refractivity contribution in [2.45, 2.75) is 0 Å². The van der Waals surface area contributed by atoms with Gasteiger partial charge in [0.2, 0.25) is 0 Å². The van der Waals surface area contributed by atoms with Gasteiger partial charge in [-0.3, -0.25) is 9.59 Å². The van der Waals surface area contributed by atoms with Crippen LogP contribution in [0.3, 0.4) is 0 Å². The van der Waals surface area contributed by atoms with E-state index in [1.165, 1.54) is 4.68 Å². The van der Waals surface area contributed by atoms with Crippen molar-refractivity contribution in [3.8, 4) is 11.8 Å². The Balaban J connectivity index is 1.57. The number of nitrogens with zero attached hydrogens (tertiary/aromatic N) is 4. The highest BCUT2D eigenvalue weighted by molar-refractivity contribution is 6.37. The van der Waals surface area contributed by atoms with Gasteiger partial charge in [0.15, 0.2) is 5.69 Å². The molecule has 0 radical (unpaired) electrons. The number of aromatic nitrogens is 2. The number of para-hydroxylation sites is 1. The molecule has 31 heavy (non-hydrogen) atoms. The van der Waals surface area contributed by atoms with Gasteiger partial charge in [-0.2, -0.15) is 10.4 Å². The average Bonchev–Trinajstić information content (AvgIpc) is 3.11. The smallest absolute Gasteiger partial charge is 0.271 e. The van der Waals surface area contributed by atoms with Crippen LogP contribution < -0.4 is 11.1 Å². The van der Waals surface area contributed by atoms with Crippen LogP contribution in [0.5, 0.6) is 0 Å². The Morgan fingerprint density at radius 3 is 2.35 bits per heavy atom. The monoisotopic (exact) mass is 454 g/mol. The molecule has 0 bridgehead atoms. The van der Waals surface area contributed by atoms with Crippen molar-refractivity contribution < 1.29 is 9.59 Å². The maximum Gasteiger partial charge on any atom is 0.271 e. The van der Waals surface area contributed by atoms with Gasteiger partial charge in [0.1, 0.15) is 5.69 Å². The number of nitrogens with two attached hydrogens (primary N) is 1. The lowest BCUT2D eigenvalue weighted by Gasteiger charge is -2.35. The zero-order valence-corrected chi connectivity index (χ0v) is 17.6. The van der Waals surface area contributed by atoms with Crippen LogP contribution in [0.2, 0.25) is 10.0 Å². The molecular formula is C21H16Cl2N6O2. The average molecular weight is 455 g/mol. The minimum absolute atomic E-state index is 0.0132. The van der Waals surface area contributed by atoms with Gasteiger partial charge in [-0.05, 0) is 36.4 Å². The number of halogens is 2. The number of nitrogens with one attached hydrogen (secondary N) is 1. The summed E-state index contributed by atoms with van der Waals surface area (Å²) < 4.78 is 1.39. The quantitative estimate of drug-likeness (QED) is 0.610. The summed E-state index contributed by atoms with van der Waals surface area (Å²) in [6, 6.07) is 13.9. The van der Waals surface area contributed by atoms with E-state index in [0.29, 0.717) is 45.8 Å². The first-order chi connectivity index (χ1) is 14.9. The summed E-state index contributed by atoms with van der Waals surface area (Å²) in [5, 5.41) is 16.9. The summed E-state index contributed by atoms with van der Waals surface area (Å²) in [7, 11) is 0. The maximum atomic E-state index is 12.4. The first-order valence-corrected chi connectivity index (χ1v) is 10.0. The van der Waals surface area contributed by atoms with E-state index in [1.54, 1.807) is 53.6 Å². The molecule has 3 aromatic rings.